The summed E-state index contributed by atoms with van der Waals surface area (Å²) in [6, 6.07) is 7.98. The van der Waals surface area contributed by atoms with Crippen LogP contribution in [0.5, 0.6) is 0 Å². The van der Waals surface area contributed by atoms with Gasteiger partial charge in [0.15, 0.2) is 0 Å². The quantitative estimate of drug-likeness (QED) is 0.269. The highest BCUT2D eigenvalue weighted by atomic mass is 19.4. The molecule has 0 aromatic heterocycles. The lowest BCUT2D eigenvalue weighted by Crippen LogP contribution is -2.25. The van der Waals surface area contributed by atoms with Crippen LogP contribution in [-0.2, 0) is 24.7 Å². The van der Waals surface area contributed by atoms with Gasteiger partial charge in [-0.2, -0.15) is 94.8 Å². The second-order valence-corrected chi connectivity index (χ2v) is 9.74. The zero-order chi connectivity index (χ0) is 39.7. The maximum atomic E-state index is 14.3. The maximum Gasteiger partial charge on any atom is 0.418 e. The summed E-state index contributed by atoms with van der Waals surface area (Å²) in [5, 5.41) is 74.6. The van der Waals surface area contributed by atoms with E-state index in [0.29, 0.717) is 12.1 Å². The first-order valence-corrected chi connectivity index (χ1v) is 12.9. The monoisotopic (exact) mass is 728 g/mol. The normalized spacial score (nSPS) is 12.7. The molecule has 0 N–H and O–H groups in total. The number of hydrogen-bond acceptors (Lipinski definition) is 8. The predicted molar refractivity (Wildman–Crippen MR) is 143 cm³/mol. The molecule has 0 spiro atoms. The van der Waals surface area contributed by atoms with Gasteiger partial charge in [-0.05, 0) is 12.1 Å². The van der Waals surface area contributed by atoms with Gasteiger partial charge in [0.1, 0.15) is 48.6 Å². The van der Waals surface area contributed by atoms with E-state index in [-0.39, 0.29) is 12.1 Å². The molecule has 0 aliphatic heterocycles. The lowest BCUT2D eigenvalue weighted by molar-refractivity contribution is -0.141. The van der Waals surface area contributed by atoms with Gasteiger partial charge < -0.3 is 0 Å². The summed E-state index contributed by atoms with van der Waals surface area (Å²) in [5.74, 6) is 0. The topological polar surface area (TPSA) is 190 Å². The highest BCUT2D eigenvalue weighted by Crippen LogP contribution is 2.45. The largest absolute Gasteiger partial charge is 0.418 e. The van der Waals surface area contributed by atoms with Gasteiger partial charge in [0.2, 0.25) is 0 Å². The average Bonchev–Trinajstić information content (AvgIpc) is 3.05. The molecule has 0 fully saturated rings. The zero-order valence-corrected chi connectivity index (χ0v) is 24.4. The molecule has 3 aromatic rings. The number of halogens is 12. The highest BCUT2D eigenvalue weighted by molar-refractivity contribution is 5.85. The molecule has 0 unspecified atom stereocenters. The van der Waals surface area contributed by atoms with Crippen molar-refractivity contribution in [2.45, 2.75) is 24.7 Å². The van der Waals surface area contributed by atoms with Gasteiger partial charge in [-0.15, -0.1) is 0 Å². The Kier molecular flexibility index (Phi) is 10.0. The van der Waals surface area contributed by atoms with E-state index in [4.69, 9.17) is 0 Å². The van der Waals surface area contributed by atoms with Crippen LogP contribution < -0.4 is 10.4 Å². The van der Waals surface area contributed by atoms with Crippen molar-refractivity contribution in [1.29, 1.82) is 42.1 Å². The van der Waals surface area contributed by atoms with Crippen LogP contribution in [0.15, 0.2) is 24.3 Å². The molecule has 0 saturated carbocycles. The minimum atomic E-state index is -5.79. The van der Waals surface area contributed by atoms with Crippen molar-refractivity contribution in [3.8, 4) is 48.6 Å². The van der Waals surface area contributed by atoms with Crippen molar-refractivity contribution in [2.24, 2.45) is 0 Å². The molecule has 20 heteroatoms. The SMILES string of the molecule is N#C/C(c1cc(C(F)(F)F)c(C#N)c(C#N)c1C(F)(F)F)=c1\cc/c(=C(\C#N)c2cc(C(F)(F)F)c(C#N)c(C#N)c2C(F)(F)F)c(C#N)c1C#N. The Bertz CT molecular complexity index is 2370. The highest BCUT2D eigenvalue weighted by Gasteiger charge is 2.45. The van der Waals surface area contributed by atoms with Crippen LogP contribution in [0.25, 0.3) is 11.1 Å². The summed E-state index contributed by atoms with van der Waals surface area (Å²) >= 11 is 0. The molecule has 0 saturated heterocycles. The number of alkyl halides is 12. The first kappa shape index (κ1) is 38.9. The molecule has 3 rings (SSSR count). The molecule has 0 radical (unpaired) electrons. The van der Waals surface area contributed by atoms with Gasteiger partial charge in [0, 0.05) is 21.6 Å². The summed E-state index contributed by atoms with van der Waals surface area (Å²) in [4.78, 5) is 0. The number of nitriles is 8. The summed E-state index contributed by atoms with van der Waals surface area (Å²) in [5.41, 5.74) is -25.4. The van der Waals surface area contributed by atoms with Gasteiger partial charge in [-0.3, -0.25) is 0 Å². The van der Waals surface area contributed by atoms with Crippen LogP contribution in [0, 0.1) is 90.6 Å². The third-order valence-electron chi connectivity index (χ3n) is 7.01. The number of benzene rings is 3. The van der Waals surface area contributed by atoms with Gasteiger partial charge in [-0.1, -0.05) is 12.1 Å². The van der Waals surface area contributed by atoms with Crippen molar-refractivity contribution in [1.82, 2.24) is 0 Å². The Labute approximate surface area is 280 Å². The average molecular weight is 728 g/mol. The van der Waals surface area contributed by atoms with Gasteiger partial charge in [0.05, 0.1) is 66.8 Å². The lowest BCUT2D eigenvalue weighted by Gasteiger charge is -2.19. The summed E-state index contributed by atoms with van der Waals surface area (Å²) in [7, 11) is 0. The predicted octanol–water partition coefficient (Wildman–Crippen LogP) is 6.44. The van der Waals surface area contributed by atoms with Crippen LogP contribution in [0.3, 0.4) is 0 Å². The van der Waals surface area contributed by atoms with E-state index in [1.807, 2.05) is 0 Å². The first-order chi connectivity index (χ1) is 24.0. The van der Waals surface area contributed by atoms with E-state index in [9.17, 15) is 94.8 Å². The maximum absolute atomic E-state index is 14.3. The summed E-state index contributed by atoms with van der Waals surface area (Å²) in [6.45, 7) is 0. The van der Waals surface area contributed by atoms with Crippen LogP contribution in [-0.4, -0.2) is 0 Å². The molecule has 0 amide bonds. The van der Waals surface area contributed by atoms with Gasteiger partial charge in [0.25, 0.3) is 0 Å². The smallest absolute Gasteiger partial charge is 0.192 e. The molecule has 256 valence electrons. The molecule has 52 heavy (non-hydrogen) atoms. The van der Waals surface area contributed by atoms with Crippen molar-refractivity contribution in [3.05, 3.63) is 101 Å². The number of hydrogen-bond donors (Lipinski definition) is 0. The molecule has 0 atom stereocenters. The Morgan fingerprint density at radius 3 is 0.846 bits per heavy atom. The zero-order valence-electron chi connectivity index (χ0n) is 24.4. The van der Waals surface area contributed by atoms with E-state index in [1.165, 1.54) is 12.1 Å². The van der Waals surface area contributed by atoms with Crippen molar-refractivity contribution >= 4 is 11.1 Å². The molecule has 0 bridgehead atoms. The third kappa shape index (κ3) is 6.57. The van der Waals surface area contributed by atoms with Crippen LogP contribution in [0.1, 0.15) is 66.8 Å². The lowest BCUT2D eigenvalue weighted by atomic mass is 9.85. The Hall–Kier alpha value is -7.52. The van der Waals surface area contributed by atoms with E-state index in [2.05, 4.69) is 0 Å². The molecule has 0 aliphatic carbocycles. The molecular formula is C32H4F12N8. The fourth-order valence-electron chi connectivity index (χ4n) is 5.03. The molecular weight excluding hydrogens is 724 g/mol. The second-order valence-electron chi connectivity index (χ2n) is 9.74. The number of rotatable bonds is 2. The van der Waals surface area contributed by atoms with Crippen LogP contribution in [0.4, 0.5) is 52.7 Å². The van der Waals surface area contributed by atoms with Gasteiger partial charge >= 0.3 is 24.7 Å². The molecule has 3 aromatic carbocycles. The van der Waals surface area contributed by atoms with E-state index < -0.39 is 113 Å². The Morgan fingerprint density at radius 2 is 0.654 bits per heavy atom. The summed E-state index contributed by atoms with van der Waals surface area (Å²) in [6.07, 6.45) is -22.9. The number of nitrogens with zero attached hydrogens (tertiary/aromatic N) is 8. The minimum Gasteiger partial charge on any atom is -0.192 e. The van der Waals surface area contributed by atoms with Crippen molar-refractivity contribution in [2.75, 3.05) is 0 Å². The standard InChI is InChI=1S/C32H4F12N8/c33-29(34,35)25-3-15(27(31(39,40)41)23(11-51)21(25)9-49)17(5-45)13-1-2-14(20(8-48)19(13)7-47)18(6-46)16-4-26(30(36,37)38)22(10-50)24(12-52)28(16)32(42,43)44/h1-4H/b17-13-,18-14-. The molecule has 0 heterocycles. The van der Waals surface area contributed by atoms with Crippen LogP contribution >= 0.6 is 0 Å². The van der Waals surface area contributed by atoms with Crippen molar-refractivity contribution < 1.29 is 52.7 Å². The van der Waals surface area contributed by atoms with Crippen LogP contribution in [0.2, 0.25) is 0 Å². The van der Waals surface area contributed by atoms with E-state index in [1.54, 1.807) is 0 Å². The van der Waals surface area contributed by atoms with Gasteiger partial charge in [-0.25, -0.2) is 0 Å². The van der Waals surface area contributed by atoms with E-state index in [0.717, 1.165) is 36.4 Å². The van der Waals surface area contributed by atoms with Crippen molar-refractivity contribution in [3.63, 3.8) is 0 Å². The minimum absolute atomic E-state index is 0.344. The third-order valence-corrected chi connectivity index (χ3v) is 7.01. The fraction of sp³-hybridized carbons (Fsp3) is 0.125. The second kappa shape index (κ2) is 13.4. The fourth-order valence-corrected chi connectivity index (χ4v) is 5.03. The first-order valence-electron chi connectivity index (χ1n) is 12.9. The summed E-state index contributed by atoms with van der Waals surface area (Å²) < 4.78 is 169. The Morgan fingerprint density at radius 1 is 0.385 bits per heavy atom. The molecule has 8 nitrogen and oxygen atoms in total. The Balaban J connectivity index is 2.85. The molecule has 0 aliphatic rings. The van der Waals surface area contributed by atoms with E-state index >= 15 is 0 Å².